The number of hydrogen-bond donors (Lipinski definition) is 2. The Morgan fingerprint density at radius 2 is 1.36 bits per heavy atom. The lowest BCUT2D eigenvalue weighted by molar-refractivity contribution is 0.279. The normalized spacial score (nSPS) is 12.3. The molecule has 2 heteroatoms. The number of hydrogen-bond acceptors (Lipinski definition) is 2. The van der Waals surface area contributed by atoms with E-state index < -0.39 is 0 Å². The van der Waals surface area contributed by atoms with E-state index in [0.717, 1.165) is 32.1 Å². The van der Waals surface area contributed by atoms with Crippen molar-refractivity contribution in [2.45, 2.75) is 38.0 Å². The van der Waals surface area contributed by atoms with E-state index >= 15 is 0 Å². The number of aryl methyl sites for hydroxylation is 1. The highest BCUT2D eigenvalue weighted by Crippen LogP contribution is 2.25. The Bertz CT molecular complexity index is 519. The molecule has 0 spiro atoms. The molecule has 0 aliphatic carbocycles. The van der Waals surface area contributed by atoms with Crippen molar-refractivity contribution in [1.29, 1.82) is 0 Å². The molecule has 0 fully saturated rings. The van der Waals surface area contributed by atoms with E-state index in [2.05, 4.69) is 48.5 Å². The summed E-state index contributed by atoms with van der Waals surface area (Å²) >= 11 is 0. The topological polar surface area (TPSA) is 40.5 Å². The summed E-state index contributed by atoms with van der Waals surface area (Å²) in [6, 6.07) is 19.3. The zero-order valence-corrected chi connectivity index (χ0v) is 13.1. The molecule has 2 nitrogen and oxygen atoms in total. The van der Waals surface area contributed by atoms with Crippen LogP contribution in [0.3, 0.4) is 0 Å². The van der Waals surface area contributed by atoms with E-state index in [-0.39, 0.29) is 13.2 Å². The van der Waals surface area contributed by atoms with E-state index in [1.54, 1.807) is 0 Å². The number of aliphatic hydroxyl groups excluding tert-OH is 2. The fourth-order valence-electron chi connectivity index (χ4n) is 2.86. The lowest BCUT2D eigenvalue weighted by Crippen LogP contribution is -2.04. The summed E-state index contributed by atoms with van der Waals surface area (Å²) < 4.78 is 0. The van der Waals surface area contributed by atoms with Gasteiger partial charge in [-0.2, -0.15) is 0 Å². The number of aliphatic hydroxyl groups is 2. The third kappa shape index (κ3) is 5.28. The van der Waals surface area contributed by atoms with Crippen LogP contribution in [0.2, 0.25) is 0 Å². The van der Waals surface area contributed by atoms with E-state index in [1.165, 1.54) is 16.7 Å². The predicted octanol–water partition coefficient (Wildman–Crippen LogP) is 3.71. The maximum absolute atomic E-state index is 9.13. The molecule has 0 aliphatic heterocycles. The first-order valence-electron chi connectivity index (χ1n) is 8.18. The Morgan fingerprint density at radius 1 is 0.727 bits per heavy atom. The van der Waals surface area contributed by atoms with Gasteiger partial charge in [-0.25, -0.2) is 0 Å². The quantitative estimate of drug-likeness (QED) is 0.741. The Balaban J connectivity index is 2.03. The predicted molar refractivity (Wildman–Crippen MR) is 91.1 cm³/mol. The second-order valence-corrected chi connectivity index (χ2v) is 5.82. The Morgan fingerprint density at radius 3 is 2.00 bits per heavy atom. The molecule has 22 heavy (non-hydrogen) atoms. The van der Waals surface area contributed by atoms with Gasteiger partial charge in [0.25, 0.3) is 0 Å². The Hall–Kier alpha value is -1.64. The molecule has 0 amide bonds. The lowest BCUT2D eigenvalue weighted by atomic mass is 9.88. The van der Waals surface area contributed by atoms with Crippen LogP contribution in [0.15, 0.2) is 54.6 Å². The van der Waals surface area contributed by atoms with Gasteiger partial charge in [0.15, 0.2) is 0 Å². The summed E-state index contributed by atoms with van der Waals surface area (Å²) in [7, 11) is 0. The molecule has 1 unspecified atom stereocenters. The van der Waals surface area contributed by atoms with Crippen molar-refractivity contribution in [3.8, 4) is 0 Å². The molecule has 0 aromatic heterocycles. The highest BCUT2D eigenvalue weighted by molar-refractivity contribution is 5.27. The Kier molecular flexibility index (Phi) is 7.14. The lowest BCUT2D eigenvalue weighted by Gasteiger charge is -2.17. The van der Waals surface area contributed by atoms with Crippen molar-refractivity contribution < 1.29 is 10.2 Å². The third-order valence-corrected chi connectivity index (χ3v) is 4.11. The van der Waals surface area contributed by atoms with Crippen LogP contribution in [0.25, 0.3) is 0 Å². The SMILES string of the molecule is OCCCc1ccc(CC(CCCO)c2ccccc2)cc1. The first-order chi connectivity index (χ1) is 10.8. The van der Waals surface area contributed by atoms with E-state index in [9.17, 15) is 0 Å². The summed E-state index contributed by atoms with van der Waals surface area (Å²) in [5.74, 6) is 0.455. The van der Waals surface area contributed by atoms with Crippen LogP contribution < -0.4 is 0 Å². The molecule has 2 aromatic rings. The first kappa shape index (κ1) is 16.7. The average Bonchev–Trinajstić information content (AvgIpc) is 2.58. The zero-order valence-electron chi connectivity index (χ0n) is 13.1. The molecule has 0 aliphatic rings. The highest BCUT2D eigenvalue weighted by atomic mass is 16.3. The summed E-state index contributed by atoms with van der Waals surface area (Å²) in [5.41, 5.74) is 3.96. The van der Waals surface area contributed by atoms with Crippen LogP contribution in [-0.2, 0) is 12.8 Å². The van der Waals surface area contributed by atoms with Crippen molar-refractivity contribution >= 4 is 0 Å². The van der Waals surface area contributed by atoms with Gasteiger partial charge in [0.05, 0.1) is 0 Å². The third-order valence-electron chi connectivity index (χ3n) is 4.11. The van der Waals surface area contributed by atoms with Gasteiger partial charge in [-0.1, -0.05) is 54.6 Å². The van der Waals surface area contributed by atoms with Crippen LogP contribution >= 0.6 is 0 Å². The van der Waals surface area contributed by atoms with Gasteiger partial charge >= 0.3 is 0 Å². The van der Waals surface area contributed by atoms with Crippen LogP contribution in [0.5, 0.6) is 0 Å². The molecule has 0 saturated carbocycles. The number of benzene rings is 2. The van der Waals surface area contributed by atoms with Crippen LogP contribution in [0.1, 0.15) is 41.9 Å². The van der Waals surface area contributed by atoms with Gasteiger partial charge in [-0.05, 0) is 54.7 Å². The van der Waals surface area contributed by atoms with Crippen molar-refractivity contribution in [3.05, 3.63) is 71.3 Å². The largest absolute Gasteiger partial charge is 0.396 e. The molecular formula is C20H26O2. The summed E-state index contributed by atoms with van der Waals surface area (Å²) in [5, 5.41) is 18.0. The molecule has 118 valence electrons. The minimum Gasteiger partial charge on any atom is -0.396 e. The molecule has 0 heterocycles. The van der Waals surface area contributed by atoms with Crippen LogP contribution in [-0.4, -0.2) is 23.4 Å². The summed E-state index contributed by atoms with van der Waals surface area (Å²) in [4.78, 5) is 0. The smallest absolute Gasteiger partial charge is 0.0434 e. The minimum atomic E-state index is 0.249. The molecule has 1 atom stereocenters. The van der Waals surface area contributed by atoms with Crippen molar-refractivity contribution in [1.82, 2.24) is 0 Å². The van der Waals surface area contributed by atoms with Crippen LogP contribution in [0.4, 0.5) is 0 Å². The molecular weight excluding hydrogens is 272 g/mol. The molecule has 0 saturated heterocycles. The van der Waals surface area contributed by atoms with Gasteiger partial charge in [0, 0.05) is 13.2 Å². The van der Waals surface area contributed by atoms with E-state index in [1.807, 2.05) is 6.07 Å². The maximum Gasteiger partial charge on any atom is 0.0434 e. The van der Waals surface area contributed by atoms with E-state index in [4.69, 9.17) is 10.2 Å². The second-order valence-electron chi connectivity index (χ2n) is 5.82. The Labute approximate surface area is 133 Å². The molecule has 2 rings (SSSR count). The molecule has 0 radical (unpaired) electrons. The van der Waals surface area contributed by atoms with Gasteiger partial charge < -0.3 is 10.2 Å². The summed E-state index contributed by atoms with van der Waals surface area (Å²) in [6.07, 6.45) is 4.61. The van der Waals surface area contributed by atoms with Gasteiger partial charge in [-0.3, -0.25) is 0 Å². The highest BCUT2D eigenvalue weighted by Gasteiger charge is 2.12. The molecule has 0 bridgehead atoms. The summed E-state index contributed by atoms with van der Waals surface area (Å²) in [6.45, 7) is 0.502. The fourth-order valence-corrected chi connectivity index (χ4v) is 2.86. The first-order valence-corrected chi connectivity index (χ1v) is 8.18. The average molecular weight is 298 g/mol. The fraction of sp³-hybridized carbons (Fsp3) is 0.400. The minimum absolute atomic E-state index is 0.249. The van der Waals surface area contributed by atoms with E-state index in [0.29, 0.717) is 5.92 Å². The van der Waals surface area contributed by atoms with Gasteiger partial charge in [0.2, 0.25) is 0 Å². The van der Waals surface area contributed by atoms with Crippen molar-refractivity contribution in [2.75, 3.05) is 13.2 Å². The number of rotatable bonds is 9. The molecule has 2 N–H and O–H groups in total. The zero-order chi connectivity index (χ0) is 15.6. The van der Waals surface area contributed by atoms with Gasteiger partial charge in [-0.15, -0.1) is 0 Å². The van der Waals surface area contributed by atoms with Crippen molar-refractivity contribution in [2.24, 2.45) is 0 Å². The van der Waals surface area contributed by atoms with Gasteiger partial charge in [0.1, 0.15) is 0 Å². The standard InChI is InChI=1S/C20H26O2/c21-14-4-6-17-10-12-18(13-11-17)16-20(9-5-15-22)19-7-2-1-3-8-19/h1-3,7-8,10-13,20-22H,4-6,9,14-16H2. The maximum atomic E-state index is 9.13. The van der Waals surface area contributed by atoms with Crippen LogP contribution in [0, 0.1) is 0 Å². The molecule has 2 aromatic carbocycles. The monoisotopic (exact) mass is 298 g/mol. The van der Waals surface area contributed by atoms with Crippen molar-refractivity contribution in [3.63, 3.8) is 0 Å². The second kappa shape index (κ2) is 9.39.